The van der Waals surface area contributed by atoms with Gasteiger partial charge in [0.25, 0.3) is 0 Å². The molecule has 0 saturated heterocycles. The van der Waals surface area contributed by atoms with Crippen molar-refractivity contribution < 1.29 is 23.9 Å². The summed E-state index contributed by atoms with van der Waals surface area (Å²) in [5, 5.41) is 2.95. The average Bonchev–Trinajstić information content (AvgIpc) is 2.62. The van der Waals surface area contributed by atoms with Crippen molar-refractivity contribution in [3.63, 3.8) is 0 Å². The third-order valence-corrected chi connectivity index (χ3v) is 4.03. The van der Waals surface area contributed by atoms with E-state index < -0.39 is 5.97 Å². The molecule has 26 heavy (non-hydrogen) atoms. The lowest BCUT2D eigenvalue weighted by Gasteiger charge is -2.12. The summed E-state index contributed by atoms with van der Waals surface area (Å²) < 4.78 is 9.90. The Balaban J connectivity index is 2.23. The van der Waals surface area contributed by atoms with Crippen molar-refractivity contribution in [1.29, 1.82) is 0 Å². The first kappa shape index (κ1) is 19.5. The van der Waals surface area contributed by atoms with Gasteiger partial charge in [-0.15, -0.1) is 0 Å². The Morgan fingerprint density at radius 3 is 2.35 bits per heavy atom. The number of carbonyl (C=O) groups is 3. The van der Waals surface area contributed by atoms with Crippen LogP contribution in [0.15, 0.2) is 36.4 Å². The van der Waals surface area contributed by atoms with Gasteiger partial charge in [-0.05, 0) is 43.3 Å². The quantitative estimate of drug-likeness (QED) is 0.617. The van der Waals surface area contributed by atoms with Gasteiger partial charge in [-0.1, -0.05) is 11.6 Å². The minimum absolute atomic E-state index is 0.0247. The van der Waals surface area contributed by atoms with Crippen LogP contribution < -0.4 is 10.1 Å². The molecule has 0 heterocycles. The van der Waals surface area contributed by atoms with Gasteiger partial charge in [0.15, 0.2) is 5.78 Å². The van der Waals surface area contributed by atoms with Gasteiger partial charge in [0.05, 0.1) is 36.9 Å². The summed E-state index contributed by atoms with van der Waals surface area (Å²) in [6.07, 6.45) is -0.0247. The number of halogens is 1. The lowest BCUT2D eigenvalue weighted by molar-refractivity contribution is -0.115. The summed E-state index contributed by atoms with van der Waals surface area (Å²) in [6, 6.07) is 9.34. The van der Waals surface area contributed by atoms with E-state index in [0.717, 1.165) is 0 Å². The molecule has 0 bridgehead atoms. The van der Waals surface area contributed by atoms with E-state index in [1.807, 2.05) is 0 Å². The van der Waals surface area contributed by atoms with E-state index >= 15 is 0 Å². The molecule has 0 aliphatic rings. The van der Waals surface area contributed by atoms with E-state index in [2.05, 4.69) is 10.1 Å². The number of carbonyl (C=O) groups excluding carboxylic acids is 3. The summed E-state index contributed by atoms with van der Waals surface area (Å²) in [7, 11) is 2.75. The fourth-order valence-corrected chi connectivity index (χ4v) is 2.53. The standard InChI is InChI=1S/C19H18ClNO5/c1-11(22)12-5-7-17(25-2)14(8-12)10-18(23)21-16-9-13(19(24)26-3)4-6-15(16)20/h4-9H,10H2,1-3H3,(H,21,23). The highest BCUT2D eigenvalue weighted by Crippen LogP contribution is 2.25. The monoisotopic (exact) mass is 375 g/mol. The van der Waals surface area contributed by atoms with Gasteiger partial charge in [0.1, 0.15) is 5.75 Å². The fourth-order valence-electron chi connectivity index (χ4n) is 2.37. The molecule has 0 aliphatic heterocycles. The molecule has 2 aromatic rings. The number of benzene rings is 2. The van der Waals surface area contributed by atoms with Crippen LogP contribution in [0.4, 0.5) is 5.69 Å². The molecule has 0 atom stereocenters. The van der Waals surface area contributed by atoms with Crippen LogP contribution in [0.5, 0.6) is 5.75 Å². The van der Waals surface area contributed by atoms with Crippen molar-refractivity contribution in [1.82, 2.24) is 0 Å². The predicted molar refractivity (Wildman–Crippen MR) is 98.1 cm³/mol. The number of methoxy groups -OCH3 is 2. The van der Waals surface area contributed by atoms with Crippen molar-refractivity contribution in [2.75, 3.05) is 19.5 Å². The maximum Gasteiger partial charge on any atom is 0.337 e. The summed E-state index contributed by atoms with van der Waals surface area (Å²) in [5.74, 6) is -0.511. The third kappa shape index (κ3) is 4.61. The zero-order valence-corrected chi connectivity index (χ0v) is 15.3. The van der Waals surface area contributed by atoms with Gasteiger partial charge in [-0.2, -0.15) is 0 Å². The third-order valence-electron chi connectivity index (χ3n) is 3.70. The van der Waals surface area contributed by atoms with Gasteiger partial charge in [-0.3, -0.25) is 9.59 Å². The highest BCUT2D eigenvalue weighted by molar-refractivity contribution is 6.33. The van der Waals surface area contributed by atoms with Gasteiger partial charge in [0, 0.05) is 11.1 Å². The van der Waals surface area contributed by atoms with Crippen LogP contribution in [0.3, 0.4) is 0 Å². The van der Waals surface area contributed by atoms with Crippen LogP contribution in [0, 0.1) is 0 Å². The van der Waals surface area contributed by atoms with Crippen LogP contribution in [0.25, 0.3) is 0 Å². The second-order valence-electron chi connectivity index (χ2n) is 5.49. The Bertz CT molecular complexity index is 863. The molecule has 2 rings (SSSR count). The Kier molecular flexibility index (Phi) is 6.36. The van der Waals surface area contributed by atoms with Crippen LogP contribution in [0.2, 0.25) is 5.02 Å². The van der Waals surface area contributed by atoms with E-state index in [0.29, 0.717) is 22.6 Å². The fraction of sp³-hybridized carbons (Fsp3) is 0.211. The lowest BCUT2D eigenvalue weighted by Crippen LogP contribution is -2.16. The summed E-state index contributed by atoms with van der Waals surface area (Å²) in [4.78, 5) is 35.6. The molecule has 7 heteroatoms. The van der Waals surface area contributed by atoms with E-state index in [9.17, 15) is 14.4 Å². The van der Waals surface area contributed by atoms with Crippen LogP contribution in [0.1, 0.15) is 33.2 Å². The molecule has 136 valence electrons. The molecule has 1 N–H and O–H groups in total. The summed E-state index contributed by atoms with van der Waals surface area (Å²) in [6.45, 7) is 1.45. The molecule has 2 aromatic carbocycles. The van der Waals surface area contributed by atoms with Crippen molar-refractivity contribution in [2.45, 2.75) is 13.3 Å². The molecule has 0 aliphatic carbocycles. The normalized spacial score (nSPS) is 10.2. The Morgan fingerprint density at radius 1 is 1.04 bits per heavy atom. The van der Waals surface area contributed by atoms with Crippen molar-refractivity contribution in [3.05, 3.63) is 58.1 Å². The minimum Gasteiger partial charge on any atom is -0.496 e. The van der Waals surface area contributed by atoms with Crippen molar-refractivity contribution >= 4 is 34.9 Å². The van der Waals surface area contributed by atoms with Gasteiger partial charge in [-0.25, -0.2) is 4.79 Å². The number of ether oxygens (including phenoxy) is 2. The van der Waals surface area contributed by atoms with Crippen LogP contribution in [-0.2, 0) is 16.0 Å². The SMILES string of the molecule is COC(=O)c1ccc(Cl)c(NC(=O)Cc2cc(C(C)=O)ccc2OC)c1. The number of anilines is 1. The topological polar surface area (TPSA) is 81.7 Å². The predicted octanol–water partition coefficient (Wildman–Crippen LogP) is 3.52. The average molecular weight is 376 g/mol. The molecule has 1 amide bonds. The lowest BCUT2D eigenvalue weighted by atomic mass is 10.0. The van der Waals surface area contributed by atoms with E-state index in [-0.39, 0.29) is 28.7 Å². The van der Waals surface area contributed by atoms with Gasteiger partial charge >= 0.3 is 5.97 Å². The highest BCUT2D eigenvalue weighted by Gasteiger charge is 2.14. The number of rotatable bonds is 6. The van der Waals surface area contributed by atoms with E-state index in [4.69, 9.17) is 16.3 Å². The maximum absolute atomic E-state index is 12.4. The molecule has 0 fully saturated rings. The summed E-state index contributed by atoms with van der Waals surface area (Å²) >= 11 is 6.08. The van der Waals surface area contributed by atoms with Crippen molar-refractivity contribution in [3.8, 4) is 5.75 Å². The first-order valence-corrected chi connectivity index (χ1v) is 8.09. The van der Waals surface area contributed by atoms with Crippen molar-refractivity contribution in [2.24, 2.45) is 0 Å². The first-order chi connectivity index (χ1) is 12.3. The van der Waals surface area contributed by atoms with E-state index in [1.165, 1.54) is 39.3 Å². The largest absolute Gasteiger partial charge is 0.496 e. The number of amides is 1. The zero-order valence-electron chi connectivity index (χ0n) is 14.6. The van der Waals surface area contributed by atoms with E-state index in [1.54, 1.807) is 18.2 Å². The molecular formula is C19H18ClNO5. The Hall–Kier alpha value is -2.86. The highest BCUT2D eigenvalue weighted by atomic mass is 35.5. The minimum atomic E-state index is -0.534. The first-order valence-electron chi connectivity index (χ1n) is 7.71. The summed E-state index contributed by atoms with van der Waals surface area (Å²) in [5.41, 5.74) is 1.61. The zero-order chi connectivity index (χ0) is 19.3. The van der Waals surface area contributed by atoms with Gasteiger partial charge in [0.2, 0.25) is 5.91 Å². The van der Waals surface area contributed by atoms with Crippen LogP contribution >= 0.6 is 11.6 Å². The number of hydrogen-bond donors (Lipinski definition) is 1. The molecule has 0 saturated carbocycles. The Morgan fingerprint density at radius 2 is 1.73 bits per heavy atom. The molecule has 0 spiro atoms. The molecule has 6 nitrogen and oxygen atoms in total. The second-order valence-corrected chi connectivity index (χ2v) is 5.90. The van der Waals surface area contributed by atoms with Gasteiger partial charge < -0.3 is 14.8 Å². The number of ketones is 1. The number of Topliss-reactive ketones (excluding diaryl/α,β-unsaturated/α-hetero) is 1. The number of hydrogen-bond acceptors (Lipinski definition) is 5. The maximum atomic E-state index is 12.4. The smallest absolute Gasteiger partial charge is 0.337 e. The molecule has 0 radical (unpaired) electrons. The Labute approximate surface area is 156 Å². The number of esters is 1. The second kappa shape index (κ2) is 8.49. The number of nitrogens with one attached hydrogen (secondary N) is 1. The molecular weight excluding hydrogens is 358 g/mol. The molecule has 0 unspecified atom stereocenters. The van der Waals surface area contributed by atoms with Crippen LogP contribution in [-0.4, -0.2) is 31.9 Å². The molecule has 0 aromatic heterocycles.